The Morgan fingerprint density at radius 1 is 1.78 bits per heavy atom. The zero-order chi connectivity index (χ0) is 6.85. The Morgan fingerprint density at radius 2 is 2.44 bits per heavy atom. The molecule has 1 aromatic rings. The van der Waals surface area contributed by atoms with Crippen LogP contribution >= 0.6 is 32.1 Å². The van der Waals surface area contributed by atoms with Crippen LogP contribution in [0.2, 0.25) is 0 Å². The summed E-state index contributed by atoms with van der Waals surface area (Å²) in [4.78, 5) is 10.1. The van der Waals surface area contributed by atoms with Gasteiger partial charge in [0.15, 0.2) is 6.29 Å². The van der Waals surface area contributed by atoms with Crippen molar-refractivity contribution in [3.8, 4) is 0 Å². The summed E-state index contributed by atoms with van der Waals surface area (Å²) >= 11 is 6.12. The van der Waals surface area contributed by atoms with Crippen molar-refractivity contribution in [2.75, 3.05) is 0 Å². The van der Waals surface area contributed by atoms with Crippen LogP contribution in [0.25, 0.3) is 0 Å². The van der Waals surface area contributed by atoms with Crippen molar-refractivity contribution in [1.29, 1.82) is 0 Å². The van der Waals surface area contributed by atoms with Gasteiger partial charge in [0, 0.05) is 6.20 Å². The van der Waals surface area contributed by atoms with E-state index >= 15 is 0 Å². The molecule has 0 spiro atoms. The smallest absolute Gasteiger partial charge is 0.154 e. The van der Waals surface area contributed by atoms with Gasteiger partial charge in [-0.2, -0.15) is 5.10 Å². The number of carbonyl (C=O) groups is 1. The summed E-state index contributed by atoms with van der Waals surface area (Å²) in [6.07, 6.45) is 2.30. The Balaban J connectivity index is 3.15. The van der Waals surface area contributed by atoms with Gasteiger partial charge in [-0.25, -0.2) is 3.71 Å². The van der Waals surface area contributed by atoms with Crippen molar-refractivity contribution in [1.82, 2.24) is 8.81 Å². The lowest BCUT2D eigenvalue weighted by atomic mass is 10.4. The average molecular weight is 254 g/mol. The second kappa shape index (κ2) is 2.62. The van der Waals surface area contributed by atoms with Crippen molar-refractivity contribution in [2.24, 2.45) is 0 Å². The minimum atomic E-state index is 0.534. The summed E-state index contributed by atoms with van der Waals surface area (Å²) < 4.78 is 1.94. The van der Waals surface area contributed by atoms with Crippen LogP contribution in [-0.2, 0) is 0 Å². The molecule has 9 heavy (non-hydrogen) atoms. The van der Waals surface area contributed by atoms with Crippen LogP contribution in [0, 0.1) is 0 Å². The second-order valence-corrected chi connectivity index (χ2v) is 2.86. The van der Waals surface area contributed by atoms with Crippen LogP contribution in [0.4, 0.5) is 0 Å². The maximum atomic E-state index is 10.1. The van der Waals surface area contributed by atoms with Crippen molar-refractivity contribution >= 4 is 38.4 Å². The second-order valence-electron chi connectivity index (χ2n) is 1.38. The molecular formula is C4H2Br2N2O. The standard InChI is InChI=1S/C4H2Br2N2O/c5-4-3(2-9)1-8(6)7-4/h1-2H. The monoisotopic (exact) mass is 252 g/mol. The molecule has 1 rings (SSSR count). The number of nitrogens with zero attached hydrogens (tertiary/aromatic N) is 2. The number of carbonyl (C=O) groups excluding carboxylic acids is 1. The largest absolute Gasteiger partial charge is 0.298 e. The Hall–Kier alpha value is -0.160. The van der Waals surface area contributed by atoms with Gasteiger partial charge in [0.1, 0.15) is 4.60 Å². The first-order chi connectivity index (χ1) is 4.24. The molecule has 0 saturated heterocycles. The lowest BCUT2D eigenvalue weighted by Gasteiger charge is -1.74. The van der Waals surface area contributed by atoms with E-state index in [1.165, 1.54) is 3.71 Å². The third-order valence-electron chi connectivity index (χ3n) is 0.794. The molecule has 0 aliphatic heterocycles. The topological polar surface area (TPSA) is 34.9 Å². The summed E-state index contributed by atoms with van der Waals surface area (Å²) in [5.41, 5.74) is 0.534. The molecule has 0 unspecified atom stereocenters. The molecule has 48 valence electrons. The fraction of sp³-hybridized carbons (Fsp3) is 0. The number of rotatable bonds is 1. The van der Waals surface area contributed by atoms with E-state index in [4.69, 9.17) is 0 Å². The zero-order valence-electron chi connectivity index (χ0n) is 4.21. The highest BCUT2D eigenvalue weighted by atomic mass is 79.9. The van der Waals surface area contributed by atoms with Crippen LogP contribution in [-0.4, -0.2) is 15.1 Å². The normalized spacial score (nSPS) is 9.56. The van der Waals surface area contributed by atoms with Gasteiger partial charge < -0.3 is 0 Å². The SMILES string of the molecule is O=Cc1cn(Br)nc1Br. The predicted octanol–water partition coefficient (Wildman–Crippen LogP) is 1.62. The molecule has 0 fully saturated rings. The van der Waals surface area contributed by atoms with E-state index in [2.05, 4.69) is 37.2 Å². The van der Waals surface area contributed by atoms with E-state index in [1.54, 1.807) is 6.20 Å². The van der Waals surface area contributed by atoms with E-state index in [-0.39, 0.29) is 0 Å². The van der Waals surface area contributed by atoms with E-state index in [0.29, 0.717) is 10.2 Å². The minimum absolute atomic E-state index is 0.534. The highest BCUT2D eigenvalue weighted by Crippen LogP contribution is 2.12. The molecule has 1 aromatic heterocycles. The first-order valence-corrected chi connectivity index (χ1v) is 3.61. The third-order valence-corrected chi connectivity index (χ3v) is 1.77. The van der Waals surface area contributed by atoms with Gasteiger partial charge in [-0.3, -0.25) is 4.79 Å². The lowest BCUT2D eigenvalue weighted by Crippen LogP contribution is -1.74. The number of hydrogen-bond donors (Lipinski definition) is 0. The molecule has 0 aliphatic carbocycles. The van der Waals surface area contributed by atoms with Gasteiger partial charge in [-0.1, -0.05) is 0 Å². The van der Waals surface area contributed by atoms with Crippen molar-refractivity contribution in [3.63, 3.8) is 0 Å². The minimum Gasteiger partial charge on any atom is -0.298 e. The number of aromatic nitrogens is 2. The van der Waals surface area contributed by atoms with Crippen molar-refractivity contribution in [3.05, 3.63) is 16.4 Å². The highest BCUT2D eigenvalue weighted by Gasteiger charge is 2.01. The fourth-order valence-corrected chi connectivity index (χ4v) is 1.38. The highest BCUT2D eigenvalue weighted by molar-refractivity contribution is 9.10. The quantitative estimate of drug-likeness (QED) is 0.713. The summed E-state index contributed by atoms with van der Waals surface area (Å²) in [5.74, 6) is 0. The Kier molecular flexibility index (Phi) is 2.02. The van der Waals surface area contributed by atoms with Gasteiger partial charge >= 0.3 is 0 Å². The van der Waals surface area contributed by atoms with Gasteiger partial charge in [-0.05, 0) is 15.9 Å². The number of hydrogen-bond acceptors (Lipinski definition) is 2. The summed E-state index contributed by atoms with van der Waals surface area (Å²) in [5, 5.41) is 3.80. The molecule has 5 heteroatoms. The molecule has 1 heterocycles. The lowest BCUT2D eigenvalue weighted by molar-refractivity contribution is 0.112. The zero-order valence-corrected chi connectivity index (χ0v) is 7.39. The van der Waals surface area contributed by atoms with Crippen molar-refractivity contribution < 1.29 is 4.79 Å². The molecule has 0 atom stereocenters. The van der Waals surface area contributed by atoms with E-state index in [9.17, 15) is 4.79 Å². The van der Waals surface area contributed by atoms with Crippen LogP contribution < -0.4 is 0 Å². The van der Waals surface area contributed by atoms with Gasteiger partial charge in [0.25, 0.3) is 0 Å². The molecule has 0 aliphatic rings. The van der Waals surface area contributed by atoms with Gasteiger partial charge in [0.2, 0.25) is 0 Å². The van der Waals surface area contributed by atoms with E-state index in [0.717, 1.165) is 6.29 Å². The van der Waals surface area contributed by atoms with Gasteiger partial charge in [-0.15, -0.1) is 0 Å². The van der Waals surface area contributed by atoms with E-state index in [1.807, 2.05) is 0 Å². The van der Waals surface area contributed by atoms with Crippen LogP contribution in [0.5, 0.6) is 0 Å². The molecule has 0 aromatic carbocycles. The maximum Gasteiger partial charge on any atom is 0.154 e. The number of aldehydes is 1. The summed E-state index contributed by atoms with van der Waals surface area (Å²) in [7, 11) is 0. The van der Waals surface area contributed by atoms with Gasteiger partial charge in [0.05, 0.1) is 21.7 Å². The summed E-state index contributed by atoms with van der Waals surface area (Å²) in [6, 6.07) is 0. The number of halogens is 2. The van der Waals surface area contributed by atoms with E-state index < -0.39 is 0 Å². The Bertz CT molecular complexity index is 232. The molecule has 0 saturated carbocycles. The van der Waals surface area contributed by atoms with Crippen LogP contribution in [0.3, 0.4) is 0 Å². The van der Waals surface area contributed by atoms with Crippen LogP contribution in [0.1, 0.15) is 10.4 Å². The predicted molar refractivity (Wildman–Crippen MR) is 39.6 cm³/mol. The molecule has 0 amide bonds. The summed E-state index contributed by atoms with van der Waals surface area (Å²) in [6.45, 7) is 0. The Morgan fingerprint density at radius 3 is 2.67 bits per heavy atom. The van der Waals surface area contributed by atoms with Crippen molar-refractivity contribution in [2.45, 2.75) is 0 Å². The molecule has 0 radical (unpaired) electrons. The third kappa shape index (κ3) is 1.40. The first kappa shape index (κ1) is 6.95. The average Bonchev–Trinajstić information content (AvgIpc) is 2.10. The fourth-order valence-electron chi connectivity index (χ4n) is 0.418. The molecule has 3 nitrogen and oxygen atoms in total. The Labute approximate surface area is 68.5 Å². The maximum absolute atomic E-state index is 10.1. The molecule has 0 bridgehead atoms. The first-order valence-electron chi connectivity index (χ1n) is 2.10. The van der Waals surface area contributed by atoms with Crippen LogP contribution in [0.15, 0.2) is 10.8 Å². The molecule has 0 N–H and O–H groups in total. The molecular weight excluding hydrogens is 252 g/mol.